The van der Waals surface area contributed by atoms with Gasteiger partial charge >= 0.3 is 6.09 Å². The molecule has 4 nitrogen and oxygen atoms in total. The predicted molar refractivity (Wildman–Crippen MR) is 79.2 cm³/mol. The summed E-state index contributed by atoms with van der Waals surface area (Å²) in [5, 5.41) is 10.1. The van der Waals surface area contributed by atoms with Crippen LogP contribution in [0.2, 0.25) is 0 Å². The molecule has 2 N–H and O–H groups in total. The number of H-pyrrole nitrogens is 1. The van der Waals surface area contributed by atoms with E-state index in [1.165, 1.54) is 22.6 Å². The number of aromatic amines is 1. The quantitative estimate of drug-likeness (QED) is 0.885. The van der Waals surface area contributed by atoms with Crippen molar-refractivity contribution in [1.29, 1.82) is 0 Å². The highest BCUT2D eigenvalue weighted by Crippen LogP contribution is 2.36. The molecule has 1 saturated heterocycles. The summed E-state index contributed by atoms with van der Waals surface area (Å²) in [5.74, 6) is 0.105. The number of nitrogens with one attached hydrogen (secondary N) is 1. The van der Waals surface area contributed by atoms with Gasteiger partial charge in [-0.05, 0) is 48.9 Å². The second-order valence-corrected chi connectivity index (χ2v) is 5.60. The number of amides is 1. The highest BCUT2D eigenvalue weighted by molar-refractivity contribution is 5.85. The zero-order valence-corrected chi connectivity index (χ0v) is 12.0. The lowest BCUT2D eigenvalue weighted by atomic mass is 9.87. The molecular formula is C16H19FN2O2. The smallest absolute Gasteiger partial charge is 0.407 e. The van der Waals surface area contributed by atoms with E-state index in [-0.39, 0.29) is 5.82 Å². The summed E-state index contributed by atoms with van der Waals surface area (Å²) in [6.07, 6.45) is 1.67. The van der Waals surface area contributed by atoms with Gasteiger partial charge in [0.15, 0.2) is 0 Å². The first-order valence-corrected chi connectivity index (χ1v) is 7.38. The Morgan fingerprint density at radius 2 is 2.14 bits per heavy atom. The van der Waals surface area contributed by atoms with E-state index in [4.69, 9.17) is 5.11 Å². The number of fused-ring (bicyclic) bond motifs is 1. The molecule has 1 aliphatic heterocycles. The molecule has 0 radical (unpaired) electrons. The van der Waals surface area contributed by atoms with Crippen molar-refractivity contribution in [1.82, 2.24) is 9.88 Å². The van der Waals surface area contributed by atoms with Crippen molar-refractivity contribution < 1.29 is 14.3 Å². The molecule has 0 atom stereocenters. The first kappa shape index (κ1) is 13.9. The normalized spacial score (nSPS) is 16.6. The number of nitrogens with zero attached hydrogens (tertiary/aromatic N) is 1. The van der Waals surface area contributed by atoms with Crippen LogP contribution >= 0.6 is 0 Å². The minimum Gasteiger partial charge on any atom is -0.465 e. The Kier molecular flexibility index (Phi) is 3.57. The maximum absolute atomic E-state index is 13.4. The Morgan fingerprint density at radius 3 is 2.76 bits per heavy atom. The molecule has 1 fully saturated rings. The number of aromatic nitrogens is 1. The van der Waals surface area contributed by atoms with Crippen molar-refractivity contribution in [2.45, 2.75) is 32.1 Å². The number of halogens is 1. The zero-order valence-electron chi connectivity index (χ0n) is 12.0. The van der Waals surface area contributed by atoms with Gasteiger partial charge in [0.1, 0.15) is 5.82 Å². The van der Waals surface area contributed by atoms with Gasteiger partial charge in [-0.1, -0.05) is 6.92 Å². The summed E-state index contributed by atoms with van der Waals surface area (Å²) >= 11 is 0. The molecule has 0 unspecified atom stereocenters. The van der Waals surface area contributed by atoms with Gasteiger partial charge in [0.05, 0.1) is 0 Å². The van der Waals surface area contributed by atoms with Gasteiger partial charge < -0.3 is 15.0 Å². The van der Waals surface area contributed by atoms with Gasteiger partial charge in [-0.3, -0.25) is 0 Å². The van der Waals surface area contributed by atoms with Gasteiger partial charge in [0.25, 0.3) is 0 Å². The molecule has 3 rings (SSSR count). The number of likely N-dealkylation sites (tertiary alicyclic amines) is 1. The highest BCUT2D eigenvalue weighted by atomic mass is 19.1. The number of piperidine rings is 1. The van der Waals surface area contributed by atoms with Crippen molar-refractivity contribution in [3.8, 4) is 0 Å². The average molecular weight is 290 g/mol. The van der Waals surface area contributed by atoms with Gasteiger partial charge in [0.2, 0.25) is 0 Å². The first-order valence-electron chi connectivity index (χ1n) is 7.38. The Bertz CT molecular complexity index is 672. The van der Waals surface area contributed by atoms with Crippen LogP contribution in [-0.4, -0.2) is 34.2 Å². The molecule has 1 amide bonds. The standard InChI is InChI=1S/C16H19FN2O2/c1-2-13-15(10-5-7-19(8-6-10)16(20)21)12-4-3-11(17)9-14(12)18-13/h3-4,9-10,18H,2,5-8H2,1H3,(H,20,21). The van der Waals surface area contributed by atoms with E-state index in [0.717, 1.165) is 35.9 Å². The highest BCUT2D eigenvalue weighted by Gasteiger charge is 2.27. The molecule has 0 spiro atoms. The van der Waals surface area contributed by atoms with Crippen LogP contribution in [0.15, 0.2) is 18.2 Å². The van der Waals surface area contributed by atoms with Crippen LogP contribution in [0.5, 0.6) is 0 Å². The van der Waals surface area contributed by atoms with Gasteiger partial charge in [0, 0.05) is 29.7 Å². The molecule has 0 saturated carbocycles. The van der Waals surface area contributed by atoms with Crippen LogP contribution in [0, 0.1) is 5.82 Å². The number of aryl methyl sites for hydroxylation is 1. The number of benzene rings is 1. The number of rotatable bonds is 2. The molecule has 21 heavy (non-hydrogen) atoms. The van der Waals surface area contributed by atoms with E-state index in [1.54, 1.807) is 0 Å². The van der Waals surface area contributed by atoms with Gasteiger partial charge in [-0.15, -0.1) is 0 Å². The molecule has 1 aliphatic rings. The van der Waals surface area contributed by atoms with Crippen LogP contribution < -0.4 is 0 Å². The summed E-state index contributed by atoms with van der Waals surface area (Å²) in [7, 11) is 0. The van der Waals surface area contributed by atoms with E-state index in [9.17, 15) is 9.18 Å². The zero-order chi connectivity index (χ0) is 15.0. The second-order valence-electron chi connectivity index (χ2n) is 5.60. The summed E-state index contributed by atoms with van der Waals surface area (Å²) in [4.78, 5) is 15.8. The lowest BCUT2D eigenvalue weighted by Crippen LogP contribution is -2.36. The van der Waals surface area contributed by atoms with E-state index >= 15 is 0 Å². The Morgan fingerprint density at radius 1 is 1.43 bits per heavy atom. The third-order valence-electron chi connectivity index (χ3n) is 4.41. The molecule has 0 bridgehead atoms. The van der Waals surface area contributed by atoms with Gasteiger partial charge in [-0.2, -0.15) is 0 Å². The third-order valence-corrected chi connectivity index (χ3v) is 4.41. The Labute approximate surface area is 122 Å². The van der Waals surface area contributed by atoms with Crippen molar-refractivity contribution >= 4 is 17.0 Å². The number of hydrogen-bond donors (Lipinski definition) is 2. The summed E-state index contributed by atoms with van der Waals surface area (Å²) < 4.78 is 13.4. The Hall–Kier alpha value is -2.04. The fourth-order valence-electron chi connectivity index (χ4n) is 3.35. The van der Waals surface area contributed by atoms with Crippen LogP contribution in [0.25, 0.3) is 10.9 Å². The third kappa shape index (κ3) is 2.48. The number of carboxylic acid groups (broad SMARTS) is 1. The molecule has 2 aromatic rings. The maximum atomic E-state index is 13.4. The van der Waals surface area contributed by atoms with Crippen molar-refractivity contribution in [3.63, 3.8) is 0 Å². The predicted octanol–water partition coefficient (Wildman–Crippen LogP) is 3.73. The van der Waals surface area contributed by atoms with Crippen LogP contribution in [0.4, 0.5) is 9.18 Å². The van der Waals surface area contributed by atoms with Crippen LogP contribution in [0.1, 0.15) is 36.9 Å². The minimum absolute atomic E-state index is 0.237. The summed E-state index contributed by atoms with van der Waals surface area (Å²) in [6.45, 7) is 3.21. The molecular weight excluding hydrogens is 271 g/mol. The molecule has 2 heterocycles. The summed E-state index contributed by atoms with van der Waals surface area (Å²) in [5.41, 5.74) is 3.23. The largest absolute Gasteiger partial charge is 0.465 e. The SMILES string of the molecule is CCc1[nH]c2cc(F)ccc2c1C1CCN(C(=O)O)CC1. The fraction of sp³-hybridized carbons (Fsp3) is 0.438. The van der Waals surface area contributed by atoms with Gasteiger partial charge in [-0.25, -0.2) is 9.18 Å². The molecule has 112 valence electrons. The van der Waals surface area contributed by atoms with Crippen molar-refractivity contribution in [2.24, 2.45) is 0 Å². The first-order chi connectivity index (χ1) is 10.1. The van der Waals surface area contributed by atoms with Crippen LogP contribution in [-0.2, 0) is 6.42 Å². The lowest BCUT2D eigenvalue weighted by molar-refractivity contribution is 0.132. The fourth-order valence-corrected chi connectivity index (χ4v) is 3.35. The Balaban J connectivity index is 1.95. The second kappa shape index (κ2) is 5.39. The molecule has 5 heteroatoms. The van der Waals surface area contributed by atoms with E-state index in [0.29, 0.717) is 19.0 Å². The van der Waals surface area contributed by atoms with E-state index in [1.807, 2.05) is 6.07 Å². The van der Waals surface area contributed by atoms with Crippen LogP contribution in [0.3, 0.4) is 0 Å². The monoisotopic (exact) mass is 290 g/mol. The van der Waals surface area contributed by atoms with Crippen molar-refractivity contribution in [2.75, 3.05) is 13.1 Å². The molecule has 1 aromatic heterocycles. The number of carbonyl (C=O) groups is 1. The molecule has 1 aromatic carbocycles. The molecule has 0 aliphatic carbocycles. The topological polar surface area (TPSA) is 56.3 Å². The average Bonchev–Trinajstić information content (AvgIpc) is 2.84. The van der Waals surface area contributed by atoms with Crippen molar-refractivity contribution in [3.05, 3.63) is 35.3 Å². The maximum Gasteiger partial charge on any atom is 0.407 e. The minimum atomic E-state index is -0.842. The number of hydrogen-bond acceptors (Lipinski definition) is 1. The lowest BCUT2D eigenvalue weighted by Gasteiger charge is -2.30. The van der Waals surface area contributed by atoms with E-state index in [2.05, 4.69) is 11.9 Å². The van der Waals surface area contributed by atoms with E-state index < -0.39 is 6.09 Å². The summed E-state index contributed by atoms with van der Waals surface area (Å²) in [6, 6.07) is 4.86.